The lowest BCUT2D eigenvalue weighted by molar-refractivity contribution is 0.598. The molecule has 0 saturated carbocycles. The highest BCUT2D eigenvalue weighted by atomic mass is 19.1. The second kappa shape index (κ2) is 5.71. The van der Waals surface area contributed by atoms with Gasteiger partial charge in [0.1, 0.15) is 5.82 Å². The third kappa shape index (κ3) is 3.51. The quantitative estimate of drug-likeness (QED) is 0.802. The molecule has 0 saturated heterocycles. The van der Waals surface area contributed by atoms with Crippen molar-refractivity contribution in [2.24, 2.45) is 0 Å². The summed E-state index contributed by atoms with van der Waals surface area (Å²) in [6, 6.07) is 6.99. The molecule has 0 amide bonds. The van der Waals surface area contributed by atoms with Gasteiger partial charge in [0, 0.05) is 25.3 Å². The Balaban J connectivity index is 2.59. The maximum atomic E-state index is 12.7. The molecule has 0 aliphatic carbocycles. The van der Waals surface area contributed by atoms with E-state index in [1.807, 2.05) is 7.05 Å². The summed E-state index contributed by atoms with van der Waals surface area (Å²) in [5.41, 5.74) is 1.04. The van der Waals surface area contributed by atoms with Crippen LogP contribution in [0.5, 0.6) is 0 Å². The molecule has 1 rings (SSSR count). The second-order valence-electron chi connectivity index (χ2n) is 3.74. The molecule has 0 fully saturated rings. The molecule has 15 heavy (non-hydrogen) atoms. The molecular weight excluding hydrogens is 191 g/mol. The van der Waals surface area contributed by atoms with Gasteiger partial charge in [-0.2, -0.15) is 0 Å². The zero-order chi connectivity index (χ0) is 11.3. The SMILES string of the molecule is CCNCC(C)N(C)c1ccc(F)cc1. The summed E-state index contributed by atoms with van der Waals surface area (Å²) < 4.78 is 12.7. The van der Waals surface area contributed by atoms with Crippen LogP contribution in [0.15, 0.2) is 24.3 Å². The Morgan fingerprint density at radius 3 is 2.47 bits per heavy atom. The molecule has 1 aromatic rings. The summed E-state index contributed by atoms with van der Waals surface area (Å²) in [5, 5.41) is 3.29. The number of rotatable bonds is 5. The minimum atomic E-state index is -0.188. The van der Waals surface area contributed by atoms with Crippen LogP contribution in [0, 0.1) is 5.82 Å². The summed E-state index contributed by atoms with van der Waals surface area (Å²) in [7, 11) is 2.02. The van der Waals surface area contributed by atoms with Gasteiger partial charge in [0.25, 0.3) is 0 Å². The predicted molar refractivity (Wildman–Crippen MR) is 62.8 cm³/mol. The summed E-state index contributed by atoms with van der Waals surface area (Å²) in [6.45, 7) is 6.14. The van der Waals surface area contributed by atoms with E-state index in [9.17, 15) is 4.39 Å². The summed E-state index contributed by atoms with van der Waals surface area (Å²) in [4.78, 5) is 2.14. The lowest BCUT2D eigenvalue weighted by atomic mass is 10.2. The van der Waals surface area contributed by atoms with Crippen LogP contribution in [-0.2, 0) is 0 Å². The van der Waals surface area contributed by atoms with E-state index >= 15 is 0 Å². The molecule has 0 bridgehead atoms. The van der Waals surface area contributed by atoms with Crippen LogP contribution in [0.4, 0.5) is 10.1 Å². The van der Waals surface area contributed by atoms with Crippen LogP contribution in [0.3, 0.4) is 0 Å². The van der Waals surface area contributed by atoms with Crippen LogP contribution in [-0.4, -0.2) is 26.2 Å². The van der Waals surface area contributed by atoms with E-state index in [1.165, 1.54) is 12.1 Å². The van der Waals surface area contributed by atoms with Crippen molar-refractivity contribution in [1.29, 1.82) is 0 Å². The van der Waals surface area contributed by atoms with Gasteiger partial charge in [-0.15, -0.1) is 0 Å². The summed E-state index contributed by atoms with van der Waals surface area (Å²) in [5.74, 6) is -0.188. The number of nitrogens with zero attached hydrogens (tertiary/aromatic N) is 1. The lowest BCUT2D eigenvalue weighted by Crippen LogP contribution is -2.37. The van der Waals surface area contributed by atoms with E-state index in [1.54, 1.807) is 12.1 Å². The molecule has 0 aliphatic heterocycles. The van der Waals surface area contributed by atoms with E-state index in [-0.39, 0.29) is 5.82 Å². The zero-order valence-electron chi connectivity index (χ0n) is 9.63. The summed E-state index contributed by atoms with van der Waals surface area (Å²) >= 11 is 0. The standard InChI is InChI=1S/C12H19FN2/c1-4-14-9-10(2)15(3)12-7-5-11(13)6-8-12/h5-8,10,14H,4,9H2,1-3H3. The molecule has 0 radical (unpaired) electrons. The normalized spacial score (nSPS) is 12.5. The number of likely N-dealkylation sites (N-methyl/N-ethyl adjacent to an activating group) is 2. The zero-order valence-corrected chi connectivity index (χ0v) is 9.63. The second-order valence-corrected chi connectivity index (χ2v) is 3.74. The van der Waals surface area contributed by atoms with E-state index < -0.39 is 0 Å². The molecule has 2 nitrogen and oxygen atoms in total. The van der Waals surface area contributed by atoms with Crippen molar-refractivity contribution in [3.8, 4) is 0 Å². The first-order valence-electron chi connectivity index (χ1n) is 5.34. The van der Waals surface area contributed by atoms with Crippen molar-refractivity contribution in [3.63, 3.8) is 0 Å². The third-order valence-electron chi connectivity index (χ3n) is 2.58. The van der Waals surface area contributed by atoms with Crippen LogP contribution in [0.2, 0.25) is 0 Å². The van der Waals surface area contributed by atoms with Crippen molar-refractivity contribution in [3.05, 3.63) is 30.1 Å². The number of halogens is 1. The van der Waals surface area contributed by atoms with Crippen molar-refractivity contribution < 1.29 is 4.39 Å². The number of hydrogen-bond acceptors (Lipinski definition) is 2. The van der Waals surface area contributed by atoms with Gasteiger partial charge < -0.3 is 10.2 Å². The fraction of sp³-hybridized carbons (Fsp3) is 0.500. The van der Waals surface area contributed by atoms with Crippen molar-refractivity contribution in [2.75, 3.05) is 25.0 Å². The number of hydrogen-bond donors (Lipinski definition) is 1. The van der Waals surface area contributed by atoms with Crippen molar-refractivity contribution in [2.45, 2.75) is 19.9 Å². The number of nitrogens with one attached hydrogen (secondary N) is 1. The molecule has 0 aromatic heterocycles. The highest BCUT2D eigenvalue weighted by Crippen LogP contribution is 2.15. The molecule has 3 heteroatoms. The molecule has 84 valence electrons. The highest BCUT2D eigenvalue weighted by molar-refractivity contribution is 5.46. The van der Waals surface area contributed by atoms with E-state index in [2.05, 4.69) is 24.1 Å². The van der Waals surface area contributed by atoms with E-state index in [0.717, 1.165) is 18.8 Å². The van der Waals surface area contributed by atoms with Gasteiger partial charge in [-0.25, -0.2) is 4.39 Å². The molecule has 0 aliphatic rings. The van der Waals surface area contributed by atoms with Gasteiger partial charge in [0.15, 0.2) is 0 Å². The minimum absolute atomic E-state index is 0.188. The molecule has 0 heterocycles. The fourth-order valence-corrected chi connectivity index (χ4v) is 1.42. The average Bonchev–Trinajstić information content (AvgIpc) is 2.26. The van der Waals surface area contributed by atoms with Gasteiger partial charge >= 0.3 is 0 Å². The van der Waals surface area contributed by atoms with Crippen LogP contribution in [0.1, 0.15) is 13.8 Å². The molecule has 1 unspecified atom stereocenters. The predicted octanol–water partition coefficient (Wildman–Crippen LogP) is 2.26. The Bertz CT molecular complexity index is 284. The largest absolute Gasteiger partial charge is 0.371 e. The first-order chi connectivity index (χ1) is 7.15. The maximum Gasteiger partial charge on any atom is 0.123 e. The first-order valence-corrected chi connectivity index (χ1v) is 5.34. The Hall–Kier alpha value is -1.09. The van der Waals surface area contributed by atoms with Crippen molar-refractivity contribution >= 4 is 5.69 Å². The average molecular weight is 210 g/mol. The molecule has 1 N–H and O–H groups in total. The Morgan fingerprint density at radius 1 is 1.33 bits per heavy atom. The van der Waals surface area contributed by atoms with Gasteiger partial charge in [-0.05, 0) is 37.7 Å². The van der Waals surface area contributed by atoms with Crippen LogP contribution < -0.4 is 10.2 Å². The monoisotopic (exact) mass is 210 g/mol. The van der Waals surface area contributed by atoms with Gasteiger partial charge in [0.2, 0.25) is 0 Å². The van der Waals surface area contributed by atoms with Gasteiger partial charge in [-0.1, -0.05) is 6.92 Å². The van der Waals surface area contributed by atoms with Crippen LogP contribution in [0.25, 0.3) is 0 Å². The third-order valence-corrected chi connectivity index (χ3v) is 2.58. The van der Waals surface area contributed by atoms with Gasteiger partial charge in [0.05, 0.1) is 0 Å². The van der Waals surface area contributed by atoms with Crippen LogP contribution >= 0.6 is 0 Å². The maximum absolute atomic E-state index is 12.7. The minimum Gasteiger partial charge on any atom is -0.371 e. The Labute approximate surface area is 91.1 Å². The van der Waals surface area contributed by atoms with Gasteiger partial charge in [-0.3, -0.25) is 0 Å². The first kappa shape index (κ1) is 12.0. The topological polar surface area (TPSA) is 15.3 Å². The highest BCUT2D eigenvalue weighted by Gasteiger charge is 2.08. The molecule has 1 atom stereocenters. The molecular formula is C12H19FN2. The molecule has 1 aromatic carbocycles. The van der Waals surface area contributed by atoms with E-state index in [4.69, 9.17) is 0 Å². The molecule has 0 spiro atoms. The van der Waals surface area contributed by atoms with E-state index in [0.29, 0.717) is 6.04 Å². The van der Waals surface area contributed by atoms with Crippen molar-refractivity contribution in [1.82, 2.24) is 5.32 Å². The lowest BCUT2D eigenvalue weighted by Gasteiger charge is -2.27. The smallest absolute Gasteiger partial charge is 0.123 e. The summed E-state index contributed by atoms with van der Waals surface area (Å²) in [6.07, 6.45) is 0. The Morgan fingerprint density at radius 2 is 1.93 bits per heavy atom. The number of anilines is 1. The fourth-order valence-electron chi connectivity index (χ4n) is 1.42. The Kier molecular flexibility index (Phi) is 4.56. The number of benzene rings is 1.